The van der Waals surface area contributed by atoms with Crippen molar-refractivity contribution < 1.29 is 5.11 Å². The third-order valence-corrected chi connectivity index (χ3v) is 2.77. The van der Waals surface area contributed by atoms with E-state index in [0.717, 1.165) is 22.8 Å². The van der Waals surface area contributed by atoms with E-state index in [1.807, 2.05) is 47.2 Å². The second-order valence-electron chi connectivity index (χ2n) is 3.87. The normalized spacial score (nSPS) is 12.7. The van der Waals surface area contributed by atoms with Crippen LogP contribution in [0.2, 0.25) is 5.02 Å². The molecular formula is C13H14ClNO. The van der Waals surface area contributed by atoms with Gasteiger partial charge in [0.15, 0.2) is 0 Å². The Kier molecular flexibility index (Phi) is 3.32. The first-order valence-electron chi connectivity index (χ1n) is 5.24. The molecule has 0 fully saturated rings. The number of halogens is 1. The summed E-state index contributed by atoms with van der Waals surface area (Å²) in [4.78, 5) is 0. The van der Waals surface area contributed by atoms with Crippen LogP contribution < -0.4 is 0 Å². The lowest BCUT2D eigenvalue weighted by atomic mass is 10.2. The molecule has 1 aromatic carbocycles. The van der Waals surface area contributed by atoms with Crippen molar-refractivity contribution >= 4 is 11.6 Å². The van der Waals surface area contributed by atoms with E-state index in [-0.39, 0.29) is 0 Å². The lowest BCUT2D eigenvalue weighted by Gasteiger charge is -2.11. The number of benzene rings is 1. The van der Waals surface area contributed by atoms with Crippen LogP contribution in [0.3, 0.4) is 0 Å². The van der Waals surface area contributed by atoms with Crippen molar-refractivity contribution in [3.05, 3.63) is 58.9 Å². The Morgan fingerprint density at radius 2 is 2.12 bits per heavy atom. The molecular weight excluding hydrogens is 222 g/mol. The fraction of sp³-hybridized carbons (Fsp3) is 0.231. The number of hydrogen-bond acceptors (Lipinski definition) is 1. The van der Waals surface area contributed by atoms with E-state index in [1.165, 1.54) is 0 Å². The molecule has 16 heavy (non-hydrogen) atoms. The Bertz CT molecular complexity index is 476. The van der Waals surface area contributed by atoms with Gasteiger partial charge in [0.1, 0.15) is 0 Å². The maximum absolute atomic E-state index is 9.58. The Morgan fingerprint density at radius 1 is 1.31 bits per heavy atom. The number of hydrogen-bond donors (Lipinski definition) is 1. The molecule has 1 atom stereocenters. The first-order valence-corrected chi connectivity index (χ1v) is 5.62. The predicted molar refractivity (Wildman–Crippen MR) is 65.6 cm³/mol. The van der Waals surface area contributed by atoms with Crippen LogP contribution in [0.4, 0.5) is 0 Å². The molecule has 0 spiro atoms. The predicted octanol–water partition coefficient (Wildman–Crippen LogP) is 3.24. The Balaban J connectivity index is 2.24. The molecule has 0 radical (unpaired) electrons. The highest BCUT2D eigenvalue weighted by Gasteiger charge is 2.06. The minimum atomic E-state index is -0.450. The number of rotatable bonds is 3. The summed E-state index contributed by atoms with van der Waals surface area (Å²) in [5, 5.41) is 10.3. The van der Waals surface area contributed by atoms with Gasteiger partial charge in [0.25, 0.3) is 0 Å². The minimum Gasteiger partial charge on any atom is -0.387 e. The summed E-state index contributed by atoms with van der Waals surface area (Å²) in [6.45, 7) is 2.50. The van der Waals surface area contributed by atoms with E-state index in [0.29, 0.717) is 0 Å². The highest BCUT2D eigenvalue weighted by atomic mass is 35.5. The summed E-state index contributed by atoms with van der Waals surface area (Å²) >= 11 is 5.93. The Labute approximate surface area is 100 Å². The average molecular weight is 236 g/mol. The molecule has 1 N–H and O–H groups in total. The van der Waals surface area contributed by atoms with Gasteiger partial charge in [0.05, 0.1) is 6.10 Å². The van der Waals surface area contributed by atoms with E-state index in [9.17, 15) is 5.11 Å². The quantitative estimate of drug-likeness (QED) is 0.868. The van der Waals surface area contributed by atoms with Gasteiger partial charge < -0.3 is 9.67 Å². The number of nitrogens with zero attached hydrogens (tertiary/aromatic N) is 1. The van der Waals surface area contributed by atoms with Crippen LogP contribution in [-0.2, 0) is 6.54 Å². The fourth-order valence-corrected chi connectivity index (χ4v) is 2.00. The van der Waals surface area contributed by atoms with E-state index >= 15 is 0 Å². The first kappa shape index (κ1) is 11.2. The maximum Gasteiger partial charge on any atom is 0.0911 e. The molecule has 0 saturated carbocycles. The summed E-state index contributed by atoms with van der Waals surface area (Å²) in [7, 11) is 0. The van der Waals surface area contributed by atoms with Crippen molar-refractivity contribution in [1.29, 1.82) is 0 Å². The molecule has 84 valence electrons. The van der Waals surface area contributed by atoms with Crippen molar-refractivity contribution in [2.75, 3.05) is 0 Å². The Morgan fingerprint density at radius 3 is 2.81 bits per heavy atom. The third kappa shape index (κ3) is 2.46. The summed E-state index contributed by atoms with van der Waals surface area (Å²) < 4.78 is 2.02. The van der Waals surface area contributed by atoms with Crippen molar-refractivity contribution in [1.82, 2.24) is 4.57 Å². The summed E-state index contributed by atoms with van der Waals surface area (Å²) in [6, 6.07) is 11.6. The molecule has 3 heteroatoms. The van der Waals surface area contributed by atoms with Crippen molar-refractivity contribution in [2.45, 2.75) is 19.6 Å². The molecule has 0 aliphatic carbocycles. The van der Waals surface area contributed by atoms with Gasteiger partial charge in [-0.3, -0.25) is 0 Å². The monoisotopic (exact) mass is 235 g/mol. The molecule has 2 aromatic rings. The lowest BCUT2D eigenvalue weighted by molar-refractivity contribution is 0.190. The van der Waals surface area contributed by atoms with Gasteiger partial charge in [-0.25, -0.2) is 0 Å². The van der Waals surface area contributed by atoms with Crippen molar-refractivity contribution in [3.8, 4) is 0 Å². The number of aliphatic hydroxyl groups is 1. The summed E-state index contributed by atoms with van der Waals surface area (Å²) in [5.41, 5.74) is 2.05. The zero-order chi connectivity index (χ0) is 11.5. The van der Waals surface area contributed by atoms with Gasteiger partial charge in [-0.15, -0.1) is 0 Å². The second-order valence-corrected chi connectivity index (χ2v) is 4.30. The van der Waals surface area contributed by atoms with Crippen molar-refractivity contribution in [3.63, 3.8) is 0 Å². The van der Waals surface area contributed by atoms with Crippen molar-refractivity contribution in [2.24, 2.45) is 0 Å². The molecule has 2 rings (SSSR count). The zero-order valence-corrected chi connectivity index (χ0v) is 9.85. The highest BCUT2D eigenvalue weighted by molar-refractivity contribution is 6.30. The molecule has 0 aliphatic rings. The summed E-state index contributed by atoms with van der Waals surface area (Å²) in [6.07, 6.45) is 1.51. The molecule has 1 heterocycles. The molecule has 2 nitrogen and oxygen atoms in total. The minimum absolute atomic E-state index is 0.450. The highest BCUT2D eigenvalue weighted by Crippen LogP contribution is 2.16. The zero-order valence-electron chi connectivity index (χ0n) is 9.10. The SMILES string of the molecule is CC(O)c1cccn1Cc1cccc(Cl)c1. The summed E-state index contributed by atoms with van der Waals surface area (Å²) in [5.74, 6) is 0. The lowest BCUT2D eigenvalue weighted by Crippen LogP contribution is -2.05. The van der Waals surface area contributed by atoms with E-state index in [2.05, 4.69) is 0 Å². The van der Waals surface area contributed by atoms with Gasteiger partial charge in [0.2, 0.25) is 0 Å². The molecule has 1 unspecified atom stereocenters. The first-order chi connectivity index (χ1) is 7.66. The van der Waals surface area contributed by atoms with Gasteiger partial charge in [-0.2, -0.15) is 0 Å². The maximum atomic E-state index is 9.58. The van der Waals surface area contributed by atoms with Gasteiger partial charge >= 0.3 is 0 Å². The van der Waals surface area contributed by atoms with E-state index in [1.54, 1.807) is 6.92 Å². The van der Waals surface area contributed by atoms with Crippen LogP contribution in [0, 0.1) is 0 Å². The topological polar surface area (TPSA) is 25.2 Å². The van der Waals surface area contributed by atoms with Crippen LogP contribution in [0.5, 0.6) is 0 Å². The van der Waals surface area contributed by atoms with Gasteiger partial charge in [-0.05, 0) is 36.8 Å². The second kappa shape index (κ2) is 4.73. The average Bonchev–Trinajstić information content (AvgIpc) is 2.66. The van der Waals surface area contributed by atoms with Crippen LogP contribution >= 0.6 is 11.6 Å². The smallest absolute Gasteiger partial charge is 0.0911 e. The largest absolute Gasteiger partial charge is 0.387 e. The Hall–Kier alpha value is -1.25. The number of aliphatic hydroxyl groups excluding tert-OH is 1. The third-order valence-electron chi connectivity index (χ3n) is 2.53. The molecule has 0 saturated heterocycles. The fourth-order valence-electron chi connectivity index (χ4n) is 1.78. The number of aromatic nitrogens is 1. The van der Waals surface area contributed by atoms with Gasteiger partial charge in [-0.1, -0.05) is 23.7 Å². The standard InChI is InChI=1S/C13H14ClNO/c1-10(16)13-6-3-7-15(13)9-11-4-2-5-12(14)8-11/h2-8,10,16H,9H2,1H3. The molecule has 0 bridgehead atoms. The molecule has 1 aromatic heterocycles. The van der Waals surface area contributed by atoms with Crippen LogP contribution in [0.25, 0.3) is 0 Å². The van der Waals surface area contributed by atoms with Crippen LogP contribution in [0.1, 0.15) is 24.3 Å². The van der Waals surface area contributed by atoms with E-state index < -0.39 is 6.10 Å². The molecule has 0 aliphatic heterocycles. The van der Waals surface area contributed by atoms with Gasteiger partial charge in [0, 0.05) is 23.5 Å². The molecule has 0 amide bonds. The van der Waals surface area contributed by atoms with Crippen LogP contribution in [-0.4, -0.2) is 9.67 Å². The van der Waals surface area contributed by atoms with Crippen LogP contribution in [0.15, 0.2) is 42.6 Å². The van der Waals surface area contributed by atoms with E-state index in [4.69, 9.17) is 11.6 Å².